The van der Waals surface area contributed by atoms with Crippen LogP contribution in [-0.4, -0.2) is 16.9 Å². The summed E-state index contributed by atoms with van der Waals surface area (Å²) in [6.07, 6.45) is 7.72. The standard InChI is InChI=1S/C13H18N2OS/c1-9-11(14-8-17-9)12(16)15-10-4-7-13(10)5-2-3-6-13/h8,10H,2-7H2,1H3,(H,15,16)/t10-/m1/s1. The largest absolute Gasteiger partial charge is 0.347 e. The third-order valence-corrected chi connectivity index (χ3v) is 5.29. The fourth-order valence-electron chi connectivity index (χ4n) is 3.35. The van der Waals surface area contributed by atoms with Crippen molar-refractivity contribution in [3.8, 4) is 0 Å². The summed E-state index contributed by atoms with van der Waals surface area (Å²) in [7, 11) is 0. The lowest BCUT2D eigenvalue weighted by Gasteiger charge is -2.47. The maximum atomic E-state index is 12.1. The number of aryl methyl sites for hydroxylation is 1. The van der Waals surface area contributed by atoms with Gasteiger partial charge in [-0.05, 0) is 38.0 Å². The fraction of sp³-hybridized carbons (Fsp3) is 0.692. The zero-order chi connectivity index (χ0) is 11.9. The second kappa shape index (κ2) is 4.09. The molecule has 17 heavy (non-hydrogen) atoms. The summed E-state index contributed by atoms with van der Waals surface area (Å²) in [6.45, 7) is 1.96. The predicted octanol–water partition coefficient (Wildman–Crippen LogP) is 2.90. The van der Waals surface area contributed by atoms with Crippen molar-refractivity contribution < 1.29 is 4.79 Å². The van der Waals surface area contributed by atoms with Crippen LogP contribution in [0.15, 0.2) is 5.51 Å². The molecule has 1 spiro atoms. The van der Waals surface area contributed by atoms with Crippen molar-refractivity contribution in [2.45, 2.75) is 51.5 Å². The average molecular weight is 250 g/mol. The van der Waals surface area contributed by atoms with Crippen LogP contribution in [0, 0.1) is 12.3 Å². The Labute approximate surface area is 106 Å². The van der Waals surface area contributed by atoms with Crippen LogP contribution in [0.4, 0.5) is 0 Å². The number of carbonyl (C=O) groups is 1. The molecule has 1 atom stereocenters. The lowest BCUT2D eigenvalue weighted by atomic mass is 9.63. The van der Waals surface area contributed by atoms with Crippen LogP contribution in [0.1, 0.15) is 53.9 Å². The molecular weight excluding hydrogens is 232 g/mol. The van der Waals surface area contributed by atoms with E-state index in [9.17, 15) is 4.79 Å². The van der Waals surface area contributed by atoms with Gasteiger partial charge in [0, 0.05) is 10.9 Å². The van der Waals surface area contributed by atoms with Gasteiger partial charge in [0.2, 0.25) is 0 Å². The molecular formula is C13H18N2OS. The van der Waals surface area contributed by atoms with Crippen LogP contribution in [0.2, 0.25) is 0 Å². The van der Waals surface area contributed by atoms with E-state index in [-0.39, 0.29) is 5.91 Å². The quantitative estimate of drug-likeness (QED) is 0.877. The molecule has 0 radical (unpaired) electrons. The second-order valence-corrected chi connectivity index (χ2v) is 6.45. The molecule has 1 aromatic rings. The van der Waals surface area contributed by atoms with Gasteiger partial charge in [-0.1, -0.05) is 12.8 Å². The highest BCUT2D eigenvalue weighted by Crippen LogP contribution is 2.53. The topological polar surface area (TPSA) is 42.0 Å². The van der Waals surface area contributed by atoms with E-state index in [2.05, 4.69) is 10.3 Å². The van der Waals surface area contributed by atoms with Crippen LogP contribution < -0.4 is 5.32 Å². The van der Waals surface area contributed by atoms with Crippen molar-refractivity contribution in [1.29, 1.82) is 0 Å². The smallest absolute Gasteiger partial charge is 0.271 e. The normalized spacial score (nSPS) is 25.8. The number of carbonyl (C=O) groups excluding carboxylic acids is 1. The van der Waals surface area contributed by atoms with E-state index in [0.29, 0.717) is 17.2 Å². The average Bonchev–Trinajstić information content (AvgIpc) is 2.93. The third-order valence-electron chi connectivity index (χ3n) is 4.53. The summed E-state index contributed by atoms with van der Waals surface area (Å²) >= 11 is 1.54. The molecule has 2 aliphatic carbocycles. The van der Waals surface area contributed by atoms with Crippen LogP contribution >= 0.6 is 11.3 Å². The minimum atomic E-state index is 0.0275. The summed E-state index contributed by atoms with van der Waals surface area (Å²) in [5.74, 6) is 0.0275. The Morgan fingerprint density at radius 1 is 1.47 bits per heavy atom. The van der Waals surface area contributed by atoms with Crippen molar-refractivity contribution >= 4 is 17.2 Å². The molecule has 3 rings (SSSR count). The van der Waals surface area contributed by atoms with Gasteiger partial charge in [0.05, 0.1) is 5.51 Å². The van der Waals surface area contributed by atoms with Crippen LogP contribution in [0.3, 0.4) is 0 Å². The summed E-state index contributed by atoms with van der Waals surface area (Å²) < 4.78 is 0. The van der Waals surface area contributed by atoms with Gasteiger partial charge in [-0.25, -0.2) is 4.98 Å². The third kappa shape index (κ3) is 1.79. The van der Waals surface area contributed by atoms with Gasteiger partial charge < -0.3 is 5.32 Å². The maximum absolute atomic E-state index is 12.1. The fourth-order valence-corrected chi connectivity index (χ4v) is 3.92. The summed E-state index contributed by atoms with van der Waals surface area (Å²) in [4.78, 5) is 17.3. The number of hydrogen-bond acceptors (Lipinski definition) is 3. The second-order valence-electron chi connectivity index (χ2n) is 5.39. The molecule has 0 saturated heterocycles. The van der Waals surface area contributed by atoms with Crippen LogP contribution in [0.25, 0.3) is 0 Å². The van der Waals surface area contributed by atoms with Crippen molar-refractivity contribution in [2.24, 2.45) is 5.41 Å². The lowest BCUT2D eigenvalue weighted by Crippen LogP contribution is -2.54. The van der Waals surface area contributed by atoms with E-state index >= 15 is 0 Å². The Morgan fingerprint density at radius 3 is 2.76 bits per heavy atom. The highest BCUT2D eigenvalue weighted by Gasteiger charge is 2.48. The predicted molar refractivity (Wildman–Crippen MR) is 68.2 cm³/mol. The van der Waals surface area contributed by atoms with Gasteiger partial charge in [-0.3, -0.25) is 4.79 Å². The Balaban J connectivity index is 1.68. The molecule has 1 heterocycles. The lowest BCUT2D eigenvalue weighted by molar-refractivity contribution is 0.0579. The first-order chi connectivity index (χ1) is 8.21. The number of nitrogens with one attached hydrogen (secondary N) is 1. The van der Waals surface area contributed by atoms with E-state index in [4.69, 9.17) is 0 Å². The van der Waals surface area contributed by atoms with Gasteiger partial charge in [0.1, 0.15) is 5.69 Å². The molecule has 0 aromatic carbocycles. The van der Waals surface area contributed by atoms with E-state index in [1.54, 1.807) is 5.51 Å². The molecule has 0 bridgehead atoms. The Bertz CT molecular complexity index is 434. The van der Waals surface area contributed by atoms with Crippen molar-refractivity contribution in [3.63, 3.8) is 0 Å². The molecule has 92 valence electrons. The highest BCUT2D eigenvalue weighted by molar-refractivity contribution is 7.09. The molecule has 1 aromatic heterocycles. The van der Waals surface area contributed by atoms with Crippen LogP contribution in [0.5, 0.6) is 0 Å². The number of amides is 1. The Morgan fingerprint density at radius 2 is 2.24 bits per heavy atom. The van der Waals surface area contributed by atoms with Crippen molar-refractivity contribution in [1.82, 2.24) is 10.3 Å². The number of nitrogens with zero attached hydrogens (tertiary/aromatic N) is 1. The molecule has 2 aliphatic rings. The first kappa shape index (κ1) is 11.2. The number of rotatable bonds is 2. The maximum Gasteiger partial charge on any atom is 0.271 e. The van der Waals surface area contributed by atoms with Gasteiger partial charge in [-0.15, -0.1) is 11.3 Å². The first-order valence-corrected chi connectivity index (χ1v) is 7.30. The number of aromatic nitrogens is 1. The highest BCUT2D eigenvalue weighted by atomic mass is 32.1. The molecule has 2 fully saturated rings. The summed E-state index contributed by atoms with van der Waals surface area (Å²) in [5.41, 5.74) is 2.81. The Kier molecular flexibility index (Phi) is 2.69. The van der Waals surface area contributed by atoms with Gasteiger partial charge >= 0.3 is 0 Å². The van der Waals surface area contributed by atoms with E-state index in [1.807, 2.05) is 6.92 Å². The minimum absolute atomic E-state index is 0.0275. The zero-order valence-corrected chi connectivity index (χ0v) is 11.0. The molecule has 0 unspecified atom stereocenters. The van der Waals surface area contributed by atoms with Gasteiger partial charge in [0.15, 0.2) is 0 Å². The first-order valence-electron chi connectivity index (χ1n) is 6.42. The Hall–Kier alpha value is -0.900. The molecule has 0 aliphatic heterocycles. The van der Waals surface area contributed by atoms with Gasteiger partial charge in [0.25, 0.3) is 5.91 Å². The molecule has 2 saturated carbocycles. The molecule has 1 amide bonds. The molecule has 1 N–H and O–H groups in total. The van der Waals surface area contributed by atoms with Crippen LogP contribution in [-0.2, 0) is 0 Å². The molecule has 3 nitrogen and oxygen atoms in total. The van der Waals surface area contributed by atoms with E-state index in [0.717, 1.165) is 11.3 Å². The van der Waals surface area contributed by atoms with Gasteiger partial charge in [-0.2, -0.15) is 0 Å². The summed E-state index contributed by atoms with van der Waals surface area (Å²) in [6, 6.07) is 0.401. The number of thiazole rings is 1. The monoisotopic (exact) mass is 250 g/mol. The molecule has 4 heteroatoms. The zero-order valence-electron chi connectivity index (χ0n) is 10.2. The van der Waals surface area contributed by atoms with Crippen molar-refractivity contribution in [2.75, 3.05) is 0 Å². The van der Waals surface area contributed by atoms with E-state index in [1.165, 1.54) is 43.4 Å². The minimum Gasteiger partial charge on any atom is -0.347 e. The summed E-state index contributed by atoms with van der Waals surface area (Å²) in [5, 5.41) is 3.20. The SMILES string of the molecule is Cc1scnc1C(=O)N[C@@H]1CCC12CCCC2. The number of hydrogen-bond donors (Lipinski definition) is 1. The van der Waals surface area contributed by atoms with E-state index < -0.39 is 0 Å². The van der Waals surface area contributed by atoms with Crippen molar-refractivity contribution in [3.05, 3.63) is 16.1 Å².